The molecule has 2 amide bonds. The molecule has 2 aromatic carbocycles. The largest absolute Gasteiger partial charge is 0.492 e. The molecule has 1 N–H and O–H groups in total. The molecule has 0 aromatic heterocycles. The van der Waals surface area contributed by atoms with E-state index in [2.05, 4.69) is 18.3 Å². The normalized spacial score (nSPS) is 17.3. The Morgan fingerprint density at radius 1 is 1.24 bits per heavy atom. The second kappa shape index (κ2) is 6.55. The van der Waals surface area contributed by atoms with Gasteiger partial charge in [0.1, 0.15) is 12.4 Å². The van der Waals surface area contributed by atoms with Gasteiger partial charge in [-0.2, -0.15) is 0 Å². The van der Waals surface area contributed by atoms with Crippen molar-refractivity contribution in [3.05, 3.63) is 48.0 Å². The van der Waals surface area contributed by atoms with Gasteiger partial charge in [0, 0.05) is 17.8 Å². The molecular formula is C19H20N2O4. The molecule has 0 spiro atoms. The maximum absolute atomic E-state index is 12.5. The lowest BCUT2D eigenvalue weighted by Gasteiger charge is -2.23. The predicted octanol–water partition coefficient (Wildman–Crippen LogP) is 2.95. The minimum atomic E-state index is -0.0910. The average molecular weight is 340 g/mol. The number of nitrogens with zero attached hydrogens (tertiary/aromatic N) is 1. The highest BCUT2D eigenvalue weighted by Crippen LogP contribution is 2.35. The minimum Gasteiger partial charge on any atom is -0.492 e. The monoisotopic (exact) mass is 340 g/mol. The summed E-state index contributed by atoms with van der Waals surface area (Å²) in [6.07, 6.45) is 0.886. The van der Waals surface area contributed by atoms with E-state index in [9.17, 15) is 4.79 Å². The van der Waals surface area contributed by atoms with Crippen molar-refractivity contribution < 1.29 is 19.0 Å². The van der Waals surface area contributed by atoms with Gasteiger partial charge in [0.15, 0.2) is 11.5 Å². The van der Waals surface area contributed by atoms with Gasteiger partial charge in [-0.05, 0) is 37.1 Å². The first kappa shape index (κ1) is 15.6. The van der Waals surface area contributed by atoms with Gasteiger partial charge in [0.05, 0.1) is 6.54 Å². The number of hydrogen-bond acceptors (Lipinski definition) is 4. The number of fused-ring (bicyclic) bond motifs is 2. The summed E-state index contributed by atoms with van der Waals surface area (Å²) in [5, 5.41) is 2.92. The predicted molar refractivity (Wildman–Crippen MR) is 93.5 cm³/mol. The molecule has 6 heteroatoms. The van der Waals surface area contributed by atoms with Gasteiger partial charge in [-0.1, -0.05) is 18.2 Å². The molecule has 0 radical (unpaired) electrons. The van der Waals surface area contributed by atoms with Crippen LogP contribution in [0.4, 0.5) is 10.5 Å². The Morgan fingerprint density at radius 2 is 2.08 bits per heavy atom. The lowest BCUT2D eigenvalue weighted by atomic mass is 10.1. The number of anilines is 1. The molecule has 6 nitrogen and oxygen atoms in total. The Labute approximate surface area is 146 Å². The lowest BCUT2D eigenvalue weighted by molar-refractivity contribution is 0.173. The van der Waals surface area contributed by atoms with Crippen molar-refractivity contribution in [1.29, 1.82) is 0 Å². The summed E-state index contributed by atoms with van der Waals surface area (Å²) >= 11 is 0. The quantitative estimate of drug-likeness (QED) is 0.870. The molecule has 4 rings (SSSR count). The molecule has 0 aliphatic carbocycles. The Morgan fingerprint density at radius 3 is 3.00 bits per heavy atom. The van der Waals surface area contributed by atoms with E-state index in [0.717, 1.165) is 17.9 Å². The lowest BCUT2D eigenvalue weighted by Crippen LogP contribution is -2.44. The van der Waals surface area contributed by atoms with E-state index in [4.69, 9.17) is 14.2 Å². The highest BCUT2D eigenvalue weighted by Gasteiger charge is 2.30. The van der Waals surface area contributed by atoms with E-state index in [1.165, 1.54) is 5.56 Å². The minimum absolute atomic E-state index is 0.0910. The second-order valence-corrected chi connectivity index (χ2v) is 6.15. The number of para-hydroxylation sites is 1. The fourth-order valence-electron chi connectivity index (χ4n) is 3.25. The van der Waals surface area contributed by atoms with Crippen molar-refractivity contribution >= 4 is 11.7 Å². The van der Waals surface area contributed by atoms with Crippen molar-refractivity contribution in [3.63, 3.8) is 0 Å². The topological polar surface area (TPSA) is 60.0 Å². The van der Waals surface area contributed by atoms with Crippen LogP contribution in [0.5, 0.6) is 17.2 Å². The first-order valence-electron chi connectivity index (χ1n) is 8.40. The average Bonchev–Trinajstić information content (AvgIpc) is 3.21. The van der Waals surface area contributed by atoms with Crippen molar-refractivity contribution in [3.8, 4) is 17.2 Å². The van der Waals surface area contributed by atoms with Gasteiger partial charge >= 0.3 is 6.03 Å². The summed E-state index contributed by atoms with van der Waals surface area (Å²) in [5.74, 6) is 2.10. The van der Waals surface area contributed by atoms with Crippen molar-refractivity contribution in [1.82, 2.24) is 5.32 Å². The van der Waals surface area contributed by atoms with Gasteiger partial charge in [-0.15, -0.1) is 0 Å². The molecule has 2 aliphatic heterocycles. The Hall–Kier alpha value is -2.89. The van der Waals surface area contributed by atoms with E-state index in [0.29, 0.717) is 24.7 Å². The third-order valence-electron chi connectivity index (χ3n) is 4.42. The molecule has 2 aliphatic rings. The molecule has 25 heavy (non-hydrogen) atoms. The summed E-state index contributed by atoms with van der Waals surface area (Å²) in [6.45, 7) is 3.11. The standard InChI is InChI=1S/C19H20N2O4/c1-13-10-14-4-2-3-5-16(14)21(13)19(22)20-8-9-23-15-6-7-17-18(11-15)25-12-24-17/h2-7,11,13H,8-10,12H2,1H3,(H,20,22). The van der Waals surface area contributed by atoms with E-state index in [-0.39, 0.29) is 18.9 Å². The van der Waals surface area contributed by atoms with Crippen LogP contribution in [-0.2, 0) is 6.42 Å². The van der Waals surface area contributed by atoms with Crippen molar-refractivity contribution in [2.24, 2.45) is 0 Å². The zero-order valence-corrected chi connectivity index (χ0v) is 14.0. The van der Waals surface area contributed by atoms with E-state index in [1.807, 2.05) is 35.2 Å². The smallest absolute Gasteiger partial charge is 0.322 e. The Balaban J connectivity index is 1.29. The number of hydrogen-bond donors (Lipinski definition) is 1. The van der Waals surface area contributed by atoms with Crippen LogP contribution in [-0.4, -0.2) is 32.0 Å². The SMILES string of the molecule is CC1Cc2ccccc2N1C(=O)NCCOc1ccc2c(c1)OCO2. The number of urea groups is 1. The van der Waals surface area contributed by atoms with Gasteiger partial charge in [0.25, 0.3) is 0 Å². The molecule has 0 bridgehead atoms. The zero-order chi connectivity index (χ0) is 17.2. The Bertz CT molecular complexity index is 793. The van der Waals surface area contributed by atoms with Gasteiger partial charge < -0.3 is 19.5 Å². The summed E-state index contributed by atoms with van der Waals surface area (Å²) < 4.78 is 16.3. The van der Waals surface area contributed by atoms with Crippen LogP contribution in [0.25, 0.3) is 0 Å². The fourth-order valence-corrected chi connectivity index (χ4v) is 3.25. The number of ether oxygens (including phenoxy) is 3. The number of carbonyl (C=O) groups is 1. The number of amides is 2. The van der Waals surface area contributed by atoms with Crippen LogP contribution in [0.2, 0.25) is 0 Å². The summed E-state index contributed by atoms with van der Waals surface area (Å²) in [5.41, 5.74) is 2.20. The summed E-state index contributed by atoms with van der Waals surface area (Å²) in [4.78, 5) is 14.3. The first-order valence-corrected chi connectivity index (χ1v) is 8.40. The van der Waals surface area contributed by atoms with E-state index < -0.39 is 0 Å². The maximum Gasteiger partial charge on any atom is 0.322 e. The second-order valence-electron chi connectivity index (χ2n) is 6.15. The molecular weight excluding hydrogens is 320 g/mol. The van der Waals surface area contributed by atoms with Crippen LogP contribution in [0.3, 0.4) is 0 Å². The highest BCUT2D eigenvalue weighted by atomic mass is 16.7. The summed E-state index contributed by atoms with van der Waals surface area (Å²) in [6, 6.07) is 13.5. The first-order chi connectivity index (χ1) is 12.2. The maximum atomic E-state index is 12.5. The fraction of sp³-hybridized carbons (Fsp3) is 0.316. The van der Waals surface area contributed by atoms with Crippen LogP contribution >= 0.6 is 0 Å². The highest BCUT2D eigenvalue weighted by molar-refractivity contribution is 5.94. The Kier molecular flexibility index (Phi) is 4.09. The number of benzene rings is 2. The third kappa shape index (κ3) is 3.07. The van der Waals surface area contributed by atoms with Crippen molar-refractivity contribution in [2.45, 2.75) is 19.4 Å². The molecule has 0 saturated carbocycles. The molecule has 0 saturated heterocycles. The molecule has 1 unspecified atom stereocenters. The number of rotatable bonds is 4. The molecule has 1 atom stereocenters. The molecule has 2 aromatic rings. The van der Waals surface area contributed by atoms with Gasteiger partial charge in [-0.25, -0.2) is 4.79 Å². The van der Waals surface area contributed by atoms with Crippen LogP contribution in [0.1, 0.15) is 12.5 Å². The van der Waals surface area contributed by atoms with Crippen LogP contribution in [0, 0.1) is 0 Å². The molecule has 2 heterocycles. The van der Waals surface area contributed by atoms with Crippen LogP contribution in [0.15, 0.2) is 42.5 Å². The third-order valence-corrected chi connectivity index (χ3v) is 4.42. The van der Waals surface area contributed by atoms with Crippen LogP contribution < -0.4 is 24.4 Å². The molecule has 0 fully saturated rings. The number of carbonyl (C=O) groups excluding carboxylic acids is 1. The zero-order valence-electron chi connectivity index (χ0n) is 14.0. The van der Waals surface area contributed by atoms with Gasteiger partial charge in [0.2, 0.25) is 6.79 Å². The van der Waals surface area contributed by atoms with Crippen molar-refractivity contribution in [2.75, 3.05) is 24.8 Å². The van der Waals surface area contributed by atoms with E-state index in [1.54, 1.807) is 6.07 Å². The summed E-state index contributed by atoms with van der Waals surface area (Å²) in [7, 11) is 0. The van der Waals surface area contributed by atoms with E-state index >= 15 is 0 Å². The molecule has 130 valence electrons. The number of nitrogens with one attached hydrogen (secondary N) is 1. The van der Waals surface area contributed by atoms with Gasteiger partial charge in [-0.3, -0.25) is 4.90 Å².